The number of carbonyl (C=O) groups is 1. The lowest BCUT2D eigenvalue weighted by molar-refractivity contribution is 0.0283. The number of carbonyl (C=O) groups excluding carboxylic acids is 1. The van der Waals surface area contributed by atoms with Crippen molar-refractivity contribution in [3.05, 3.63) is 71.4 Å². The Morgan fingerprint density at radius 2 is 2.00 bits per heavy atom. The molecule has 11 heteroatoms. The molecule has 0 radical (unpaired) electrons. The van der Waals surface area contributed by atoms with Gasteiger partial charge in [0.15, 0.2) is 0 Å². The molecule has 0 unspecified atom stereocenters. The molecule has 4 fully saturated rings. The average molecular weight is 598 g/mol. The lowest BCUT2D eigenvalue weighted by atomic mass is 9.59. The summed E-state index contributed by atoms with van der Waals surface area (Å²) in [5.74, 6) is 1.79. The Kier molecular flexibility index (Phi) is 6.56. The maximum Gasteiger partial charge on any atom is 0.271 e. The monoisotopic (exact) mass is 597 g/mol. The number of anilines is 1. The minimum atomic E-state index is -1.000. The van der Waals surface area contributed by atoms with E-state index in [1.807, 2.05) is 24.4 Å². The largest absolute Gasteiger partial charge is 0.489 e. The van der Waals surface area contributed by atoms with Crippen LogP contribution in [0, 0.1) is 17.2 Å². The van der Waals surface area contributed by atoms with Gasteiger partial charge in [0.25, 0.3) is 5.91 Å². The first-order valence-electron chi connectivity index (χ1n) is 14.6. The van der Waals surface area contributed by atoms with Gasteiger partial charge >= 0.3 is 0 Å². The third-order valence-corrected chi connectivity index (χ3v) is 9.21. The van der Waals surface area contributed by atoms with Gasteiger partial charge in [-0.2, -0.15) is 10.4 Å². The van der Waals surface area contributed by atoms with Gasteiger partial charge in [-0.05, 0) is 82.2 Å². The molecule has 4 aliphatic rings. The summed E-state index contributed by atoms with van der Waals surface area (Å²) < 4.78 is 7.51. The number of nitriles is 1. The van der Waals surface area contributed by atoms with Crippen molar-refractivity contribution >= 4 is 28.8 Å². The molecular weight excluding hydrogens is 566 g/mol. The molecule has 6 heterocycles. The Bertz CT molecular complexity index is 1740. The molecule has 4 aromatic heterocycles. The SMILES string of the molecule is CC(C)(O)COc1cc(-c2ccc(N3[C@@H]4C[C@@H]5C[C@H]3C[C@@](NC(=O)c3ncccc3Cl)(C5)C4)nc2)c2c(C#N)cnn2c1. The lowest BCUT2D eigenvalue weighted by Crippen LogP contribution is -2.69. The fourth-order valence-corrected chi connectivity index (χ4v) is 7.65. The summed E-state index contributed by atoms with van der Waals surface area (Å²) in [5.41, 5.74) is 1.74. The Hall–Kier alpha value is -4.20. The summed E-state index contributed by atoms with van der Waals surface area (Å²) in [6.45, 7) is 3.47. The molecule has 4 aromatic rings. The smallest absolute Gasteiger partial charge is 0.271 e. The number of nitrogens with one attached hydrogen (secondary N) is 1. The van der Waals surface area contributed by atoms with Gasteiger partial charge in [0.05, 0.1) is 34.1 Å². The zero-order chi connectivity index (χ0) is 29.9. The van der Waals surface area contributed by atoms with E-state index in [-0.39, 0.29) is 35.8 Å². The number of nitrogens with zero attached hydrogens (tertiary/aromatic N) is 6. The van der Waals surface area contributed by atoms with Crippen molar-refractivity contribution in [2.45, 2.75) is 69.2 Å². The van der Waals surface area contributed by atoms with Gasteiger partial charge in [-0.15, -0.1) is 0 Å². The molecular formula is C32H32ClN7O3. The first-order chi connectivity index (χ1) is 20.6. The van der Waals surface area contributed by atoms with E-state index < -0.39 is 5.60 Å². The third kappa shape index (κ3) is 5.07. The summed E-state index contributed by atoms with van der Waals surface area (Å²) in [6, 6.07) is 12.1. The molecule has 2 aliphatic heterocycles. The molecule has 10 nitrogen and oxygen atoms in total. The molecule has 8 rings (SSSR count). The molecule has 0 spiro atoms. The molecule has 4 atom stereocenters. The number of pyridine rings is 3. The van der Waals surface area contributed by atoms with E-state index in [4.69, 9.17) is 21.3 Å². The van der Waals surface area contributed by atoms with Crippen LogP contribution in [0.3, 0.4) is 0 Å². The quantitative estimate of drug-likeness (QED) is 0.311. The van der Waals surface area contributed by atoms with Gasteiger partial charge in [0.2, 0.25) is 0 Å². The van der Waals surface area contributed by atoms with Crippen molar-refractivity contribution in [2.24, 2.45) is 5.92 Å². The number of fused-ring (bicyclic) bond motifs is 1. The van der Waals surface area contributed by atoms with Crippen LogP contribution in [0.4, 0.5) is 5.82 Å². The molecule has 2 saturated heterocycles. The summed E-state index contributed by atoms with van der Waals surface area (Å²) in [5, 5.41) is 27.9. The Labute approximate surface area is 254 Å². The van der Waals surface area contributed by atoms with E-state index in [2.05, 4.69) is 26.4 Å². The van der Waals surface area contributed by atoms with E-state index in [1.165, 1.54) is 6.20 Å². The Morgan fingerprint density at radius 1 is 1.21 bits per heavy atom. The van der Waals surface area contributed by atoms with Crippen LogP contribution in [0.25, 0.3) is 16.6 Å². The van der Waals surface area contributed by atoms with E-state index in [9.17, 15) is 15.2 Å². The van der Waals surface area contributed by atoms with Gasteiger partial charge in [-0.1, -0.05) is 11.6 Å². The molecule has 2 saturated carbocycles. The van der Waals surface area contributed by atoms with E-state index in [0.29, 0.717) is 27.8 Å². The zero-order valence-corrected chi connectivity index (χ0v) is 24.8. The standard InChI is InChI=1S/C32H32ClN7O3/c1-31(2,42)18-43-24-10-25(29-21(14-34)16-37-39(29)17-24)20-5-6-27(36-15-20)40-22-8-19-9-23(40)13-32(11-19,12-22)38-30(41)28-26(33)4-3-7-35-28/h3-7,10,15-17,19,22-23,42H,8-9,11-13,18H2,1-2H3,(H,38,41)/t19-,22-,23+,32-. The van der Waals surface area contributed by atoms with Gasteiger partial charge in [-0.3, -0.25) is 4.79 Å². The second-order valence-electron chi connectivity index (χ2n) is 12.8. The van der Waals surface area contributed by atoms with Crippen LogP contribution in [0.15, 0.2) is 55.1 Å². The predicted molar refractivity (Wildman–Crippen MR) is 161 cm³/mol. The number of aromatic nitrogens is 4. The number of rotatable bonds is 7. The second-order valence-corrected chi connectivity index (χ2v) is 13.2. The Morgan fingerprint density at radius 3 is 2.67 bits per heavy atom. The lowest BCUT2D eigenvalue weighted by Gasteiger charge is -2.62. The topological polar surface area (TPSA) is 129 Å². The van der Waals surface area contributed by atoms with Gasteiger partial charge in [0.1, 0.15) is 29.9 Å². The molecule has 2 aliphatic carbocycles. The molecule has 2 N–H and O–H groups in total. The maximum absolute atomic E-state index is 13.2. The highest BCUT2D eigenvalue weighted by Gasteiger charge is 2.55. The summed E-state index contributed by atoms with van der Waals surface area (Å²) in [6.07, 6.45) is 11.5. The molecule has 1 amide bonds. The van der Waals surface area contributed by atoms with Crippen LogP contribution in [0.5, 0.6) is 5.75 Å². The van der Waals surface area contributed by atoms with Crippen LogP contribution in [0.1, 0.15) is 62.0 Å². The highest BCUT2D eigenvalue weighted by molar-refractivity contribution is 6.33. The number of amides is 1. The van der Waals surface area contributed by atoms with Gasteiger partial charge in [0, 0.05) is 41.1 Å². The summed E-state index contributed by atoms with van der Waals surface area (Å²) >= 11 is 6.27. The minimum Gasteiger partial charge on any atom is -0.489 e. The summed E-state index contributed by atoms with van der Waals surface area (Å²) in [7, 11) is 0. The third-order valence-electron chi connectivity index (χ3n) is 8.90. The van der Waals surface area contributed by atoms with Gasteiger partial charge in [-0.25, -0.2) is 14.5 Å². The number of halogens is 1. The number of hydrogen-bond donors (Lipinski definition) is 2. The van der Waals surface area contributed by atoms with E-state index in [0.717, 1.165) is 49.0 Å². The van der Waals surface area contributed by atoms with Crippen LogP contribution < -0.4 is 15.0 Å². The highest BCUT2D eigenvalue weighted by atomic mass is 35.5. The number of aliphatic hydroxyl groups is 1. The van der Waals surface area contributed by atoms with Crippen LogP contribution >= 0.6 is 11.6 Å². The normalized spacial score (nSPS) is 24.3. The zero-order valence-electron chi connectivity index (χ0n) is 24.0. The van der Waals surface area contributed by atoms with Crippen LogP contribution in [-0.2, 0) is 0 Å². The molecule has 4 bridgehead atoms. The summed E-state index contributed by atoms with van der Waals surface area (Å²) in [4.78, 5) is 24.8. The van der Waals surface area contributed by atoms with E-state index >= 15 is 0 Å². The van der Waals surface area contributed by atoms with Crippen molar-refractivity contribution in [3.63, 3.8) is 0 Å². The maximum atomic E-state index is 13.2. The van der Waals surface area contributed by atoms with E-state index in [1.54, 1.807) is 42.9 Å². The van der Waals surface area contributed by atoms with Crippen molar-refractivity contribution in [2.75, 3.05) is 11.5 Å². The highest BCUT2D eigenvalue weighted by Crippen LogP contribution is 2.52. The fourth-order valence-electron chi connectivity index (χ4n) is 7.44. The average Bonchev–Trinajstić information content (AvgIpc) is 3.38. The van der Waals surface area contributed by atoms with Crippen LogP contribution in [-0.4, -0.2) is 60.4 Å². The first kappa shape index (κ1) is 27.6. The number of piperidine rings is 2. The number of ether oxygens (including phenoxy) is 1. The van der Waals surface area contributed by atoms with Crippen molar-refractivity contribution < 1.29 is 14.6 Å². The van der Waals surface area contributed by atoms with Crippen molar-refractivity contribution in [1.82, 2.24) is 24.9 Å². The minimum absolute atomic E-state index is 0.108. The molecule has 220 valence electrons. The van der Waals surface area contributed by atoms with Gasteiger partial charge < -0.3 is 20.1 Å². The second kappa shape index (κ2) is 10.2. The number of hydrogen-bond acceptors (Lipinski definition) is 8. The van der Waals surface area contributed by atoms with Crippen molar-refractivity contribution in [1.29, 1.82) is 5.26 Å². The van der Waals surface area contributed by atoms with Crippen molar-refractivity contribution in [3.8, 4) is 22.9 Å². The first-order valence-corrected chi connectivity index (χ1v) is 14.9. The predicted octanol–water partition coefficient (Wildman–Crippen LogP) is 4.79. The van der Waals surface area contributed by atoms with Crippen LogP contribution in [0.2, 0.25) is 5.02 Å². The molecule has 43 heavy (non-hydrogen) atoms. The Balaban J connectivity index is 1.15. The molecule has 0 aromatic carbocycles. The fraction of sp³-hybridized carbons (Fsp3) is 0.406.